The topological polar surface area (TPSA) is 65.8 Å². The van der Waals surface area contributed by atoms with Gasteiger partial charge in [-0.3, -0.25) is 9.48 Å². The van der Waals surface area contributed by atoms with Crippen molar-refractivity contribution in [1.82, 2.24) is 14.7 Å². The molecule has 8 heteroatoms. The van der Waals surface area contributed by atoms with Crippen LogP contribution in [0.1, 0.15) is 12.1 Å². The van der Waals surface area contributed by atoms with Gasteiger partial charge in [-0.1, -0.05) is 11.6 Å². The minimum Gasteiger partial charge on any atom is -0.381 e. The van der Waals surface area contributed by atoms with Crippen LogP contribution >= 0.6 is 11.6 Å². The Morgan fingerprint density at radius 3 is 2.82 bits per heavy atom. The standard InChI is InChI=1S/C14H20ClN3O4/c1-17-6-11(15)12(16-17)7-18(8-13-21-4-5-22-13)14(19)10-2-3-20-9-10/h6,10,13H,2-5,7-9H2,1H3/t10-/m1/s1. The van der Waals surface area contributed by atoms with Crippen molar-refractivity contribution in [2.45, 2.75) is 19.3 Å². The van der Waals surface area contributed by atoms with Gasteiger partial charge in [0.05, 0.1) is 43.9 Å². The lowest BCUT2D eigenvalue weighted by molar-refractivity contribution is -0.142. The molecule has 1 aromatic rings. The highest BCUT2D eigenvalue weighted by molar-refractivity contribution is 6.31. The van der Waals surface area contributed by atoms with Gasteiger partial charge >= 0.3 is 0 Å². The molecule has 122 valence electrons. The number of hydrogen-bond acceptors (Lipinski definition) is 5. The van der Waals surface area contributed by atoms with Gasteiger partial charge in [0, 0.05) is 19.9 Å². The summed E-state index contributed by atoms with van der Waals surface area (Å²) in [6.07, 6.45) is 2.09. The summed E-state index contributed by atoms with van der Waals surface area (Å²) in [7, 11) is 1.80. The molecule has 1 atom stereocenters. The molecular weight excluding hydrogens is 310 g/mol. The maximum absolute atomic E-state index is 12.7. The van der Waals surface area contributed by atoms with Crippen LogP contribution in [0.3, 0.4) is 0 Å². The predicted molar refractivity (Wildman–Crippen MR) is 78.3 cm³/mol. The number of aryl methyl sites for hydroxylation is 1. The smallest absolute Gasteiger partial charge is 0.228 e. The molecule has 22 heavy (non-hydrogen) atoms. The van der Waals surface area contributed by atoms with Crippen LogP contribution in [0.25, 0.3) is 0 Å². The van der Waals surface area contributed by atoms with Gasteiger partial charge in [-0.05, 0) is 6.42 Å². The number of hydrogen-bond donors (Lipinski definition) is 0. The van der Waals surface area contributed by atoms with E-state index in [0.717, 1.165) is 6.42 Å². The Labute approximate surface area is 134 Å². The predicted octanol–water partition coefficient (Wildman–Crippen LogP) is 0.811. The Morgan fingerprint density at radius 2 is 2.23 bits per heavy atom. The molecule has 0 spiro atoms. The van der Waals surface area contributed by atoms with Gasteiger partial charge in [-0.25, -0.2) is 0 Å². The Balaban J connectivity index is 1.72. The fourth-order valence-corrected chi connectivity index (χ4v) is 2.94. The molecule has 3 heterocycles. The molecule has 0 saturated carbocycles. The monoisotopic (exact) mass is 329 g/mol. The summed E-state index contributed by atoms with van der Waals surface area (Å²) < 4.78 is 17.9. The van der Waals surface area contributed by atoms with E-state index in [1.54, 1.807) is 22.8 Å². The van der Waals surface area contributed by atoms with Crippen LogP contribution in [-0.2, 0) is 32.6 Å². The molecule has 1 aromatic heterocycles. The van der Waals surface area contributed by atoms with Crippen LogP contribution < -0.4 is 0 Å². The summed E-state index contributed by atoms with van der Waals surface area (Å²) in [5.41, 5.74) is 0.675. The number of halogens is 1. The minimum absolute atomic E-state index is 0.0401. The van der Waals surface area contributed by atoms with E-state index in [1.165, 1.54) is 0 Å². The van der Waals surface area contributed by atoms with Crippen molar-refractivity contribution in [1.29, 1.82) is 0 Å². The molecule has 7 nitrogen and oxygen atoms in total. The van der Waals surface area contributed by atoms with E-state index in [2.05, 4.69) is 5.10 Å². The molecule has 0 aromatic carbocycles. The molecule has 2 saturated heterocycles. The highest BCUT2D eigenvalue weighted by atomic mass is 35.5. The second-order valence-electron chi connectivity index (χ2n) is 5.55. The fraction of sp³-hybridized carbons (Fsp3) is 0.714. The quantitative estimate of drug-likeness (QED) is 0.800. The average molecular weight is 330 g/mol. The first-order chi connectivity index (χ1) is 10.6. The van der Waals surface area contributed by atoms with Crippen LogP contribution in [0, 0.1) is 5.92 Å². The van der Waals surface area contributed by atoms with Gasteiger partial charge in [0.1, 0.15) is 5.69 Å². The third-order valence-corrected chi connectivity index (χ3v) is 4.16. The molecule has 0 N–H and O–H groups in total. The lowest BCUT2D eigenvalue weighted by Gasteiger charge is -2.26. The van der Waals surface area contributed by atoms with Crippen molar-refractivity contribution in [2.24, 2.45) is 13.0 Å². The summed E-state index contributed by atoms with van der Waals surface area (Å²) in [6.45, 7) is 2.94. The maximum Gasteiger partial charge on any atom is 0.228 e. The molecule has 2 aliphatic heterocycles. The Bertz CT molecular complexity index is 524. The number of ether oxygens (including phenoxy) is 3. The zero-order chi connectivity index (χ0) is 15.5. The van der Waals surface area contributed by atoms with Crippen LogP contribution in [0.5, 0.6) is 0 Å². The summed E-state index contributed by atoms with van der Waals surface area (Å²) in [6, 6.07) is 0. The molecule has 2 fully saturated rings. The highest BCUT2D eigenvalue weighted by Gasteiger charge is 2.31. The second-order valence-corrected chi connectivity index (χ2v) is 5.96. The lowest BCUT2D eigenvalue weighted by atomic mass is 10.1. The fourth-order valence-electron chi connectivity index (χ4n) is 2.71. The summed E-state index contributed by atoms with van der Waals surface area (Å²) in [5, 5.41) is 4.86. The lowest BCUT2D eigenvalue weighted by Crippen LogP contribution is -2.41. The SMILES string of the molecule is Cn1cc(Cl)c(CN(CC2OCCO2)C(=O)[C@@H]2CCOC2)n1. The van der Waals surface area contributed by atoms with Crippen molar-refractivity contribution in [3.8, 4) is 0 Å². The van der Waals surface area contributed by atoms with Crippen molar-refractivity contribution in [3.05, 3.63) is 16.9 Å². The van der Waals surface area contributed by atoms with Gasteiger partial charge in [0.25, 0.3) is 0 Å². The molecule has 0 bridgehead atoms. The summed E-state index contributed by atoms with van der Waals surface area (Å²) in [4.78, 5) is 14.4. The molecule has 0 unspecified atom stereocenters. The Hall–Kier alpha value is -1.15. The largest absolute Gasteiger partial charge is 0.381 e. The van der Waals surface area contributed by atoms with E-state index in [1.807, 2.05) is 0 Å². The number of aromatic nitrogens is 2. The Morgan fingerprint density at radius 1 is 1.45 bits per heavy atom. The van der Waals surface area contributed by atoms with Gasteiger partial charge < -0.3 is 19.1 Å². The van der Waals surface area contributed by atoms with Crippen LogP contribution in [-0.4, -0.2) is 59.8 Å². The van der Waals surface area contributed by atoms with E-state index in [9.17, 15) is 4.79 Å². The minimum atomic E-state index is -0.381. The molecule has 0 aliphatic carbocycles. The second kappa shape index (κ2) is 6.95. The van der Waals surface area contributed by atoms with Gasteiger partial charge in [-0.2, -0.15) is 5.10 Å². The third kappa shape index (κ3) is 3.60. The molecule has 3 rings (SSSR count). The van der Waals surface area contributed by atoms with Gasteiger partial charge in [0.15, 0.2) is 6.29 Å². The first-order valence-corrected chi connectivity index (χ1v) is 7.79. The molecular formula is C14H20ClN3O4. The summed E-state index contributed by atoms with van der Waals surface area (Å²) in [5.74, 6) is -0.0674. The van der Waals surface area contributed by atoms with E-state index < -0.39 is 0 Å². The van der Waals surface area contributed by atoms with Gasteiger partial charge in [-0.15, -0.1) is 0 Å². The van der Waals surface area contributed by atoms with E-state index >= 15 is 0 Å². The van der Waals surface area contributed by atoms with Crippen molar-refractivity contribution in [3.63, 3.8) is 0 Å². The number of carbonyl (C=O) groups is 1. The van der Waals surface area contributed by atoms with Crippen LogP contribution in [0.2, 0.25) is 5.02 Å². The summed E-state index contributed by atoms with van der Waals surface area (Å²) >= 11 is 6.16. The van der Waals surface area contributed by atoms with E-state index in [0.29, 0.717) is 50.2 Å². The highest BCUT2D eigenvalue weighted by Crippen LogP contribution is 2.21. The third-order valence-electron chi connectivity index (χ3n) is 3.85. The maximum atomic E-state index is 12.7. The van der Waals surface area contributed by atoms with E-state index in [-0.39, 0.29) is 18.1 Å². The first kappa shape index (κ1) is 15.7. The molecule has 2 aliphatic rings. The van der Waals surface area contributed by atoms with Crippen LogP contribution in [0.15, 0.2) is 6.20 Å². The molecule has 1 amide bonds. The van der Waals surface area contributed by atoms with Crippen molar-refractivity contribution < 1.29 is 19.0 Å². The zero-order valence-corrected chi connectivity index (χ0v) is 13.3. The van der Waals surface area contributed by atoms with Crippen molar-refractivity contribution >= 4 is 17.5 Å². The average Bonchev–Trinajstić information content (AvgIpc) is 3.21. The van der Waals surface area contributed by atoms with Crippen LogP contribution in [0.4, 0.5) is 0 Å². The molecule has 0 radical (unpaired) electrons. The Kier molecular flexibility index (Phi) is 4.97. The van der Waals surface area contributed by atoms with Crippen molar-refractivity contribution in [2.75, 3.05) is 33.0 Å². The first-order valence-electron chi connectivity index (χ1n) is 7.41. The zero-order valence-electron chi connectivity index (χ0n) is 12.5. The van der Waals surface area contributed by atoms with Gasteiger partial charge in [0.2, 0.25) is 5.91 Å². The number of amides is 1. The number of carbonyl (C=O) groups excluding carboxylic acids is 1. The number of rotatable bonds is 5. The normalized spacial score (nSPS) is 22.4. The van der Waals surface area contributed by atoms with E-state index in [4.69, 9.17) is 25.8 Å². The number of nitrogens with zero attached hydrogens (tertiary/aromatic N) is 3.